The minimum Gasteiger partial charge on any atom is -0.489 e. The Morgan fingerprint density at radius 2 is 2.24 bits per heavy atom. The van der Waals surface area contributed by atoms with Crippen LogP contribution >= 0.6 is 23.1 Å². The average Bonchev–Trinajstić information content (AvgIpc) is 3.37. The lowest BCUT2D eigenvalue weighted by Crippen LogP contribution is -2.19. The molecule has 1 N–H and O–H groups in total. The first-order valence-electron chi connectivity index (χ1n) is 9.74. The van der Waals surface area contributed by atoms with Crippen LogP contribution in [0.5, 0.6) is 5.75 Å². The summed E-state index contributed by atoms with van der Waals surface area (Å²) in [5.41, 5.74) is 2.82. The lowest BCUT2D eigenvalue weighted by molar-refractivity contribution is -0.113. The van der Waals surface area contributed by atoms with Gasteiger partial charge in [-0.1, -0.05) is 18.2 Å². The molecule has 7 heteroatoms. The van der Waals surface area contributed by atoms with E-state index in [-0.39, 0.29) is 12.0 Å². The van der Waals surface area contributed by atoms with E-state index in [1.54, 1.807) is 23.1 Å². The Morgan fingerprint density at radius 1 is 1.34 bits per heavy atom. The van der Waals surface area contributed by atoms with Crippen LogP contribution < -0.4 is 10.1 Å². The zero-order valence-electron chi connectivity index (χ0n) is 16.3. The van der Waals surface area contributed by atoms with Gasteiger partial charge in [0, 0.05) is 12.4 Å². The quantitative estimate of drug-likeness (QED) is 0.545. The topological polar surface area (TPSA) is 60.5 Å². The number of carbonyl (C=O) groups is 1. The number of fused-ring (bicyclic) bond motifs is 1. The molecule has 4 rings (SSSR count). The van der Waals surface area contributed by atoms with Gasteiger partial charge >= 0.3 is 0 Å². The standard InChI is InChI=1S/C22H24N2O3S2/c1-15-8-9-17(19(11-15)27-12-16-5-4-10-26-16)23-21(25)13-28-14-22-24-18-6-2-3-7-20(18)29-22/h2-3,6-9,11,16H,4-5,10,12-14H2,1H3,(H,23,25). The fourth-order valence-corrected chi connectivity index (χ4v) is 5.06. The van der Waals surface area contributed by atoms with Crippen molar-refractivity contribution in [3.63, 3.8) is 0 Å². The highest BCUT2D eigenvalue weighted by molar-refractivity contribution is 7.99. The van der Waals surface area contributed by atoms with E-state index >= 15 is 0 Å². The van der Waals surface area contributed by atoms with Gasteiger partial charge in [0.25, 0.3) is 0 Å². The minimum atomic E-state index is -0.0399. The van der Waals surface area contributed by atoms with Crippen molar-refractivity contribution in [3.05, 3.63) is 53.0 Å². The molecule has 5 nitrogen and oxygen atoms in total. The number of nitrogens with zero attached hydrogens (tertiary/aromatic N) is 1. The summed E-state index contributed by atoms with van der Waals surface area (Å²) in [6.07, 6.45) is 2.25. The molecular weight excluding hydrogens is 404 g/mol. The second-order valence-electron chi connectivity index (χ2n) is 7.06. The molecule has 1 aliphatic rings. The summed E-state index contributed by atoms with van der Waals surface area (Å²) < 4.78 is 12.8. The van der Waals surface area contributed by atoms with E-state index in [1.165, 1.54) is 4.70 Å². The summed E-state index contributed by atoms with van der Waals surface area (Å²) in [5.74, 6) is 1.75. The molecule has 3 aromatic rings. The molecule has 152 valence electrons. The van der Waals surface area contributed by atoms with Crippen molar-refractivity contribution < 1.29 is 14.3 Å². The Morgan fingerprint density at radius 3 is 3.07 bits per heavy atom. The number of para-hydroxylation sites is 1. The van der Waals surface area contributed by atoms with Crippen LogP contribution in [0.1, 0.15) is 23.4 Å². The van der Waals surface area contributed by atoms with E-state index in [0.717, 1.165) is 41.3 Å². The van der Waals surface area contributed by atoms with Crippen LogP contribution in [-0.2, 0) is 15.3 Å². The van der Waals surface area contributed by atoms with Crippen molar-refractivity contribution in [3.8, 4) is 5.75 Å². The van der Waals surface area contributed by atoms with Crippen molar-refractivity contribution in [2.75, 3.05) is 24.3 Å². The zero-order chi connectivity index (χ0) is 20.1. The van der Waals surface area contributed by atoms with E-state index in [1.807, 2.05) is 43.3 Å². The van der Waals surface area contributed by atoms with Gasteiger partial charge in [-0.2, -0.15) is 0 Å². The third kappa shape index (κ3) is 5.50. The van der Waals surface area contributed by atoms with Gasteiger partial charge in [0.1, 0.15) is 17.4 Å². The molecule has 1 amide bonds. The molecule has 0 spiro atoms. The lowest BCUT2D eigenvalue weighted by atomic mass is 10.2. The highest BCUT2D eigenvalue weighted by Crippen LogP contribution is 2.28. The number of ether oxygens (including phenoxy) is 2. The van der Waals surface area contributed by atoms with Gasteiger partial charge in [-0.05, 0) is 49.6 Å². The molecule has 2 aromatic carbocycles. The fraction of sp³-hybridized carbons (Fsp3) is 0.364. The first-order valence-corrected chi connectivity index (χ1v) is 11.7. The third-order valence-electron chi connectivity index (χ3n) is 4.66. The SMILES string of the molecule is Cc1ccc(NC(=O)CSCc2nc3ccccc3s2)c(OCC2CCCO2)c1. The fourth-order valence-electron chi connectivity index (χ4n) is 3.21. The molecule has 0 bridgehead atoms. The Kier molecular flexibility index (Phi) is 6.69. The van der Waals surface area contributed by atoms with Gasteiger partial charge in [0.15, 0.2) is 0 Å². The molecule has 1 atom stereocenters. The highest BCUT2D eigenvalue weighted by Gasteiger charge is 2.17. The molecule has 0 radical (unpaired) electrons. The van der Waals surface area contributed by atoms with Gasteiger partial charge < -0.3 is 14.8 Å². The number of hydrogen-bond acceptors (Lipinski definition) is 6. The second kappa shape index (κ2) is 9.61. The molecule has 2 heterocycles. The predicted molar refractivity (Wildman–Crippen MR) is 120 cm³/mol. The Hall–Kier alpha value is -2.09. The summed E-state index contributed by atoms with van der Waals surface area (Å²) in [7, 11) is 0. The smallest absolute Gasteiger partial charge is 0.234 e. The van der Waals surface area contributed by atoms with E-state index < -0.39 is 0 Å². The van der Waals surface area contributed by atoms with Crippen LogP contribution in [0.15, 0.2) is 42.5 Å². The number of nitrogens with one attached hydrogen (secondary N) is 1. The number of hydrogen-bond donors (Lipinski definition) is 1. The van der Waals surface area contributed by atoms with Gasteiger partial charge in [0.2, 0.25) is 5.91 Å². The van der Waals surface area contributed by atoms with Crippen LogP contribution in [0.4, 0.5) is 5.69 Å². The van der Waals surface area contributed by atoms with Crippen LogP contribution in [0.25, 0.3) is 10.2 Å². The normalized spacial score (nSPS) is 16.2. The van der Waals surface area contributed by atoms with Crippen LogP contribution in [0.3, 0.4) is 0 Å². The van der Waals surface area contributed by atoms with Crippen molar-refractivity contribution in [1.82, 2.24) is 4.98 Å². The third-order valence-corrected chi connectivity index (χ3v) is 6.82. The number of aromatic nitrogens is 1. The Bertz CT molecular complexity index is 950. The predicted octanol–water partition coefficient (Wildman–Crippen LogP) is 5.03. The molecule has 0 aliphatic carbocycles. The lowest BCUT2D eigenvalue weighted by Gasteiger charge is -2.16. The number of thiazole rings is 1. The molecular formula is C22H24N2O3S2. The minimum absolute atomic E-state index is 0.0399. The van der Waals surface area contributed by atoms with Gasteiger partial charge in [-0.15, -0.1) is 23.1 Å². The molecule has 0 saturated carbocycles. The summed E-state index contributed by atoms with van der Waals surface area (Å²) in [6.45, 7) is 3.33. The summed E-state index contributed by atoms with van der Waals surface area (Å²) in [4.78, 5) is 17.1. The van der Waals surface area contributed by atoms with E-state index in [4.69, 9.17) is 9.47 Å². The molecule has 1 aromatic heterocycles. The number of rotatable bonds is 8. The van der Waals surface area contributed by atoms with Gasteiger partial charge in [-0.25, -0.2) is 4.98 Å². The van der Waals surface area contributed by atoms with Crippen molar-refractivity contribution in [2.45, 2.75) is 31.6 Å². The molecule has 29 heavy (non-hydrogen) atoms. The maximum Gasteiger partial charge on any atom is 0.234 e. The van der Waals surface area contributed by atoms with Gasteiger partial charge in [0.05, 0.1) is 27.8 Å². The Labute approximate surface area is 178 Å². The second-order valence-corrected chi connectivity index (χ2v) is 9.16. The summed E-state index contributed by atoms with van der Waals surface area (Å²) in [6, 6.07) is 13.9. The zero-order valence-corrected chi connectivity index (χ0v) is 18.0. The van der Waals surface area contributed by atoms with E-state index in [9.17, 15) is 4.79 Å². The molecule has 1 fully saturated rings. The Balaban J connectivity index is 1.30. The van der Waals surface area contributed by atoms with Crippen molar-refractivity contribution in [1.29, 1.82) is 0 Å². The highest BCUT2D eigenvalue weighted by atomic mass is 32.2. The summed E-state index contributed by atoms with van der Waals surface area (Å²) in [5, 5.41) is 4.03. The molecule has 1 saturated heterocycles. The molecule has 1 unspecified atom stereocenters. The monoisotopic (exact) mass is 428 g/mol. The number of amides is 1. The summed E-state index contributed by atoms with van der Waals surface area (Å²) >= 11 is 3.25. The van der Waals surface area contributed by atoms with Crippen molar-refractivity contribution >= 4 is 44.9 Å². The number of anilines is 1. The largest absolute Gasteiger partial charge is 0.489 e. The number of carbonyl (C=O) groups excluding carboxylic acids is 1. The van der Waals surface area contributed by atoms with Crippen molar-refractivity contribution in [2.24, 2.45) is 0 Å². The number of thioether (sulfide) groups is 1. The number of aryl methyl sites for hydroxylation is 1. The first kappa shape index (κ1) is 20.2. The van der Waals surface area contributed by atoms with Crippen LogP contribution in [0, 0.1) is 6.92 Å². The average molecular weight is 429 g/mol. The van der Waals surface area contributed by atoms with Crippen LogP contribution in [-0.4, -0.2) is 36.0 Å². The molecule has 1 aliphatic heterocycles. The maximum absolute atomic E-state index is 12.4. The van der Waals surface area contributed by atoms with Crippen LogP contribution in [0.2, 0.25) is 0 Å². The van der Waals surface area contributed by atoms with E-state index in [2.05, 4.69) is 16.4 Å². The first-order chi connectivity index (χ1) is 14.2. The van der Waals surface area contributed by atoms with Gasteiger partial charge in [-0.3, -0.25) is 4.79 Å². The maximum atomic E-state index is 12.4. The number of benzene rings is 2. The van der Waals surface area contributed by atoms with E-state index in [0.29, 0.717) is 23.8 Å².